The molecule has 0 N–H and O–H groups in total. The normalized spacial score (nSPS) is 17.1. The summed E-state index contributed by atoms with van der Waals surface area (Å²) in [5.74, 6) is 0.174. The number of halogens is 3. The van der Waals surface area contributed by atoms with Crippen molar-refractivity contribution in [2.75, 3.05) is 6.79 Å². The molecule has 0 aliphatic carbocycles. The van der Waals surface area contributed by atoms with Crippen LogP contribution in [0.4, 0.5) is 13.2 Å². The lowest BCUT2D eigenvalue weighted by Crippen LogP contribution is -2.16. The first-order chi connectivity index (χ1) is 12.9. The number of hydrogen-bond donors (Lipinski definition) is 0. The fourth-order valence-electron chi connectivity index (χ4n) is 2.49. The smallest absolute Gasteiger partial charge is 0.454 e. The van der Waals surface area contributed by atoms with Crippen LogP contribution in [0.5, 0.6) is 17.2 Å². The summed E-state index contributed by atoms with van der Waals surface area (Å²) in [6, 6.07) is 10.0. The van der Waals surface area contributed by atoms with Crippen LogP contribution in [0.3, 0.4) is 0 Å². The highest BCUT2D eigenvalue weighted by Crippen LogP contribution is 2.33. The molecular weight excluding hydrogens is 367 g/mol. The van der Waals surface area contributed by atoms with Crippen LogP contribution < -0.4 is 14.2 Å². The van der Waals surface area contributed by atoms with E-state index in [1.165, 1.54) is 18.2 Å². The number of alkyl halides is 3. The molecule has 0 unspecified atom stereocenters. The second kappa shape index (κ2) is 6.35. The fraction of sp³-hybridized carbons (Fsp3) is 0.111. The third kappa shape index (κ3) is 3.71. The second-order valence-corrected chi connectivity index (χ2v) is 5.52. The number of aliphatic imine (C=N–C) groups is 1. The number of fused-ring (bicyclic) bond motifs is 1. The summed E-state index contributed by atoms with van der Waals surface area (Å²) in [5.41, 5.74) is 1.02. The third-order valence-electron chi connectivity index (χ3n) is 3.66. The van der Waals surface area contributed by atoms with Gasteiger partial charge in [0.2, 0.25) is 12.7 Å². The molecule has 2 aromatic rings. The number of esters is 1. The van der Waals surface area contributed by atoms with Crippen molar-refractivity contribution in [2.45, 2.75) is 6.36 Å². The average molecular weight is 377 g/mol. The van der Waals surface area contributed by atoms with Gasteiger partial charge in [-0.15, -0.1) is 13.2 Å². The molecule has 9 heteroatoms. The van der Waals surface area contributed by atoms with Crippen LogP contribution in [-0.4, -0.2) is 25.0 Å². The summed E-state index contributed by atoms with van der Waals surface area (Å²) in [6.45, 7) is 0.115. The topological polar surface area (TPSA) is 66.4 Å². The highest BCUT2D eigenvalue weighted by molar-refractivity contribution is 6.13. The summed E-state index contributed by atoms with van der Waals surface area (Å²) >= 11 is 0. The molecule has 0 radical (unpaired) electrons. The largest absolute Gasteiger partial charge is 0.573 e. The van der Waals surface area contributed by atoms with E-state index in [1.54, 1.807) is 18.2 Å². The average Bonchev–Trinajstić information content (AvgIpc) is 3.21. The zero-order valence-electron chi connectivity index (χ0n) is 13.4. The van der Waals surface area contributed by atoms with E-state index >= 15 is 0 Å². The number of hydrogen-bond acceptors (Lipinski definition) is 6. The van der Waals surface area contributed by atoms with E-state index in [0.29, 0.717) is 22.6 Å². The molecule has 0 fully saturated rings. The monoisotopic (exact) mass is 377 g/mol. The molecule has 2 heterocycles. The molecule has 2 aliphatic rings. The van der Waals surface area contributed by atoms with Gasteiger partial charge in [-0.2, -0.15) is 0 Å². The summed E-state index contributed by atoms with van der Waals surface area (Å²) in [6.07, 6.45) is -3.36. The van der Waals surface area contributed by atoms with Gasteiger partial charge in [-0.05, 0) is 42.0 Å². The number of ether oxygens (including phenoxy) is 4. The van der Waals surface area contributed by atoms with Gasteiger partial charge >= 0.3 is 12.3 Å². The summed E-state index contributed by atoms with van der Waals surface area (Å²) < 4.78 is 56.0. The lowest BCUT2D eigenvalue weighted by atomic mass is 10.2. The van der Waals surface area contributed by atoms with Crippen molar-refractivity contribution in [1.82, 2.24) is 0 Å². The van der Waals surface area contributed by atoms with Gasteiger partial charge in [0.05, 0.1) is 0 Å². The Morgan fingerprint density at radius 1 is 1.04 bits per heavy atom. The van der Waals surface area contributed by atoms with Gasteiger partial charge in [0, 0.05) is 5.56 Å². The number of rotatable bonds is 3. The maximum absolute atomic E-state index is 12.2. The van der Waals surface area contributed by atoms with Crippen molar-refractivity contribution in [2.24, 2.45) is 4.99 Å². The second-order valence-electron chi connectivity index (χ2n) is 5.52. The van der Waals surface area contributed by atoms with Gasteiger partial charge in [-0.1, -0.05) is 12.1 Å². The Morgan fingerprint density at radius 3 is 2.52 bits per heavy atom. The molecule has 0 amide bonds. The number of nitrogens with zero attached hydrogens (tertiary/aromatic N) is 1. The Morgan fingerprint density at radius 2 is 1.78 bits per heavy atom. The van der Waals surface area contributed by atoms with Gasteiger partial charge in [-0.25, -0.2) is 9.79 Å². The molecule has 2 aromatic carbocycles. The van der Waals surface area contributed by atoms with E-state index in [9.17, 15) is 18.0 Å². The summed E-state index contributed by atoms with van der Waals surface area (Å²) in [5, 5.41) is 0. The van der Waals surface area contributed by atoms with Gasteiger partial charge < -0.3 is 18.9 Å². The Balaban J connectivity index is 1.56. The molecule has 0 atom stereocenters. The third-order valence-corrected chi connectivity index (χ3v) is 3.66. The summed E-state index contributed by atoms with van der Waals surface area (Å²) in [7, 11) is 0. The van der Waals surface area contributed by atoms with Crippen LogP contribution in [0.2, 0.25) is 0 Å². The first-order valence-electron chi connectivity index (χ1n) is 7.66. The molecule has 0 spiro atoms. The van der Waals surface area contributed by atoms with E-state index in [1.807, 2.05) is 0 Å². The van der Waals surface area contributed by atoms with Crippen LogP contribution in [0.15, 0.2) is 53.2 Å². The van der Waals surface area contributed by atoms with Gasteiger partial charge in [0.25, 0.3) is 0 Å². The molecule has 0 aromatic heterocycles. The van der Waals surface area contributed by atoms with Crippen molar-refractivity contribution < 1.29 is 36.9 Å². The Kier molecular flexibility index (Phi) is 3.98. The Labute approximate surface area is 150 Å². The minimum Gasteiger partial charge on any atom is -0.454 e. The molecule has 138 valence electrons. The van der Waals surface area contributed by atoms with E-state index in [2.05, 4.69) is 9.73 Å². The van der Waals surface area contributed by atoms with Gasteiger partial charge in [0.15, 0.2) is 17.2 Å². The minimum atomic E-state index is -4.76. The molecular formula is C18H10F3NO5. The number of benzene rings is 2. The van der Waals surface area contributed by atoms with Gasteiger partial charge in [-0.3, -0.25) is 0 Å². The lowest BCUT2D eigenvalue weighted by molar-refractivity contribution is -0.274. The molecule has 0 saturated heterocycles. The molecule has 0 saturated carbocycles. The van der Waals surface area contributed by atoms with E-state index in [4.69, 9.17) is 14.2 Å². The highest BCUT2D eigenvalue weighted by atomic mass is 19.4. The predicted molar refractivity (Wildman–Crippen MR) is 86.3 cm³/mol. The number of carbonyl (C=O) groups excluding carboxylic acids is 1. The zero-order valence-corrected chi connectivity index (χ0v) is 13.4. The number of carbonyl (C=O) groups is 1. The predicted octanol–water partition coefficient (Wildman–Crippen LogP) is 3.66. The molecule has 6 nitrogen and oxygen atoms in total. The number of cyclic esters (lactones) is 1. The van der Waals surface area contributed by atoms with Crippen LogP contribution >= 0.6 is 0 Å². The van der Waals surface area contributed by atoms with Crippen molar-refractivity contribution in [3.05, 3.63) is 59.3 Å². The van der Waals surface area contributed by atoms with Crippen molar-refractivity contribution >= 4 is 17.9 Å². The highest BCUT2D eigenvalue weighted by Gasteiger charge is 2.31. The SMILES string of the molecule is O=C1OC(c2ccc3c(c2)OCO3)=N/C1=C/c1ccc(OC(F)(F)F)cc1. The minimum absolute atomic E-state index is 0.0205. The maximum atomic E-state index is 12.2. The van der Waals surface area contributed by atoms with E-state index in [0.717, 1.165) is 12.1 Å². The van der Waals surface area contributed by atoms with Crippen LogP contribution in [-0.2, 0) is 9.53 Å². The molecule has 2 aliphatic heterocycles. The molecule has 4 rings (SSSR count). The maximum Gasteiger partial charge on any atom is 0.573 e. The molecule has 27 heavy (non-hydrogen) atoms. The van der Waals surface area contributed by atoms with Crippen LogP contribution in [0, 0.1) is 0 Å². The van der Waals surface area contributed by atoms with Crippen molar-refractivity contribution in [3.63, 3.8) is 0 Å². The first kappa shape index (κ1) is 17.0. The van der Waals surface area contributed by atoms with Crippen LogP contribution in [0.1, 0.15) is 11.1 Å². The van der Waals surface area contributed by atoms with Crippen LogP contribution in [0.25, 0.3) is 6.08 Å². The van der Waals surface area contributed by atoms with E-state index in [-0.39, 0.29) is 24.1 Å². The first-order valence-corrected chi connectivity index (χ1v) is 7.66. The standard InChI is InChI=1S/C18H10F3NO5/c19-18(20,21)27-12-4-1-10(2-5-12)7-13-17(23)26-16(22-13)11-3-6-14-15(8-11)25-9-24-14/h1-8H,9H2/b13-7+. The lowest BCUT2D eigenvalue weighted by Gasteiger charge is -2.08. The van der Waals surface area contributed by atoms with Gasteiger partial charge in [0.1, 0.15) is 5.75 Å². The quantitative estimate of drug-likeness (QED) is 0.603. The van der Waals surface area contributed by atoms with E-state index < -0.39 is 12.3 Å². The summed E-state index contributed by atoms with van der Waals surface area (Å²) in [4.78, 5) is 16.2. The fourth-order valence-corrected chi connectivity index (χ4v) is 2.49. The van der Waals surface area contributed by atoms with Crippen molar-refractivity contribution in [3.8, 4) is 17.2 Å². The Bertz CT molecular complexity index is 964. The zero-order chi connectivity index (χ0) is 19.0. The Hall–Kier alpha value is -3.49. The van der Waals surface area contributed by atoms with Crippen molar-refractivity contribution in [1.29, 1.82) is 0 Å². The molecule has 0 bridgehead atoms.